The summed E-state index contributed by atoms with van der Waals surface area (Å²) in [6, 6.07) is 7.51. The normalized spacial score (nSPS) is 15.6. The van der Waals surface area contributed by atoms with Crippen molar-refractivity contribution in [2.45, 2.75) is 45.3 Å². The predicted molar refractivity (Wildman–Crippen MR) is 77.9 cm³/mol. The molecule has 0 atom stereocenters. The topological polar surface area (TPSA) is 29.0 Å². The van der Waals surface area contributed by atoms with Crippen molar-refractivity contribution < 1.29 is 4.39 Å². The average molecular weight is 291 g/mol. The molecule has 0 spiro atoms. The van der Waals surface area contributed by atoms with Gasteiger partial charge in [0.25, 0.3) is 0 Å². The maximum absolute atomic E-state index is 13.3. The Morgan fingerprint density at radius 3 is 2.80 bits per heavy atom. The van der Waals surface area contributed by atoms with Gasteiger partial charge in [-0.15, -0.1) is 5.10 Å². The maximum Gasteiger partial charge on any atom is 0.123 e. The highest BCUT2D eigenvalue weighted by molar-refractivity contribution is 7.05. The Labute approximate surface area is 122 Å². The van der Waals surface area contributed by atoms with E-state index < -0.39 is 0 Å². The lowest BCUT2D eigenvalue weighted by Crippen LogP contribution is -2.39. The van der Waals surface area contributed by atoms with E-state index in [2.05, 4.69) is 14.5 Å². The van der Waals surface area contributed by atoms with Crippen molar-refractivity contribution in [1.29, 1.82) is 0 Å². The fourth-order valence-electron chi connectivity index (χ4n) is 2.52. The first-order valence-corrected chi connectivity index (χ1v) is 7.76. The predicted octanol–water partition coefficient (Wildman–Crippen LogP) is 3.54. The van der Waals surface area contributed by atoms with Crippen molar-refractivity contribution >= 4 is 11.5 Å². The lowest BCUT2D eigenvalue weighted by Gasteiger charge is -2.37. The van der Waals surface area contributed by atoms with Gasteiger partial charge in [-0.2, -0.15) is 0 Å². The molecule has 106 valence electrons. The fourth-order valence-corrected chi connectivity index (χ4v) is 3.17. The van der Waals surface area contributed by atoms with Crippen molar-refractivity contribution in [2.75, 3.05) is 0 Å². The van der Waals surface area contributed by atoms with Crippen LogP contribution in [0.4, 0.5) is 4.39 Å². The molecule has 1 fully saturated rings. The number of rotatable bonds is 5. The molecule has 3 rings (SSSR count). The summed E-state index contributed by atoms with van der Waals surface area (Å²) in [4.78, 5) is 3.65. The summed E-state index contributed by atoms with van der Waals surface area (Å²) in [7, 11) is 0. The van der Waals surface area contributed by atoms with Crippen molar-refractivity contribution in [3.05, 3.63) is 46.2 Å². The van der Waals surface area contributed by atoms with E-state index in [1.165, 1.54) is 41.7 Å². The van der Waals surface area contributed by atoms with Gasteiger partial charge in [0, 0.05) is 19.1 Å². The van der Waals surface area contributed by atoms with Crippen molar-refractivity contribution in [2.24, 2.45) is 0 Å². The van der Waals surface area contributed by atoms with Crippen LogP contribution < -0.4 is 0 Å². The molecule has 1 aromatic carbocycles. The van der Waals surface area contributed by atoms with E-state index in [9.17, 15) is 4.39 Å². The van der Waals surface area contributed by atoms with Crippen LogP contribution in [0.25, 0.3) is 0 Å². The third-order valence-corrected chi connectivity index (χ3v) is 4.77. The Morgan fingerprint density at radius 1 is 1.35 bits per heavy atom. The second-order valence-electron chi connectivity index (χ2n) is 5.40. The van der Waals surface area contributed by atoms with Gasteiger partial charge in [-0.05, 0) is 49.0 Å². The Hall–Kier alpha value is -1.33. The molecule has 1 aromatic heterocycles. The zero-order valence-electron chi connectivity index (χ0n) is 11.6. The molecule has 0 bridgehead atoms. The molecule has 0 amide bonds. The lowest BCUT2D eigenvalue weighted by molar-refractivity contribution is 0.112. The van der Waals surface area contributed by atoms with Gasteiger partial charge in [0.2, 0.25) is 0 Å². The molecule has 0 unspecified atom stereocenters. The Kier molecular flexibility index (Phi) is 4.08. The van der Waals surface area contributed by atoms with Crippen LogP contribution in [-0.4, -0.2) is 20.5 Å². The zero-order valence-corrected chi connectivity index (χ0v) is 12.4. The van der Waals surface area contributed by atoms with Crippen LogP contribution in [0.1, 0.15) is 35.4 Å². The monoisotopic (exact) mass is 291 g/mol. The van der Waals surface area contributed by atoms with Gasteiger partial charge in [0.15, 0.2) is 0 Å². The van der Waals surface area contributed by atoms with E-state index in [1.807, 2.05) is 13.0 Å². The van der Waals surface area contributed by atoms with E-state index in [0.717, 1.165) is 24.3 Å². The quantitative estimate of drug-likeness (QED) is 0.843. The van der Waals surface area contributed by atoms with Crippen LogP contribution in [0.2, 0.25) is 0 Å². The molecule has 1 aliphatic carbocycles. The highest BCUT2D eigenvalue weighted by Gasteiger charge is 2.26. The average Bonchev–Trinajstić information content (AvgIpc) is 2.73. The van der Waals surface area contributed by atoms with Crippen LogP contribution >= 0.6 is 11.5 Å². The van der Waals surface area contributed by atoms with Crippen LogP contribution in [0.3, 0.4) is 0 Å². The smallest absolute Gasteiger partial charge is 0.123 e. The van der Waals surface area contributed by atoms with Crippen molar-refractivity contribution in [1.82, 2.24) is 14.5 Å². The Bertz CT molecular complexity index is 580. The maximum atomic E-state index is 13.3. The summed E-state index contributed by atoms with van der Waals surface area (Å²) in [5.41, 5.74) is 2.05. The van der Waals surface area contributed by atoms with E-state index in [-0.39, 0.29) is 5.82 Å². The molecule has 1 aliphatic rings. The van der Waals surface area contributed by atoms with Gasteiger partial charge >= 0.3 is 0 Å². The van der Waals surface area contributed by atoms with Gasteiger partial charge < -0.3 is 0 Å². The van der Waals surface area contributed by atoms with Crippen LogP contribution in [0.5, 0.6) is 0 Å². The standard InChI is InChI=1S/C15H18FN3S/c1-11-15(20-18-17-11)10-19(14-6-3-7-14)9-12-4-2-5-13(16)8-12/h2,4-5,8,14H,3,6-7,9-10H2,1H3. The molecule has 0 radical (unpaired) electrons. The molecular formula is C15H18FN3S. The molecule has 20 heavy (non-hydrogen) atoms. The Balaban J connectivity index is 1.74. The number of hydrogen-bond donors (Lipinski definition) is 0. The minimum absolute atomic E-state index is 0.160. The molecule has 3 nitrogen and oxygen atoms in total. The number of aromatic nitrogens is 2. The van der Waals surface area contributed by atoms with Crippen molar-refractivity contribution in [3.8, 4) is 0 Å². The zero-order chi connectivity index (χ0) is 13.9. The summed E-state index contributed by atoms with van der Waals surface area (Å²) >= 11 is 1.47. The molecular weight excluding hydrogens is 273 g/mol. The lowest BCUT2D eigenvalue weighted by atomic mass is 9.91. The van der Waals surface area contributed by atoms with Gasteiger partial charge in [-0.25, -0.2) is 4.39 Å². The third kappa shape index (κ3) is 3.04. The number of hydrogen-bond acceptors (Lipinski definition) is 4. The van der Waals surface area contributed by atoms with Gasteiger partial charge in [-0.1, -0.05) is 23.0 Å². The largest absolute Gasteiger partial charge is 0.291 e. The first kappa shape index (κ1) is 13.6. The molecule has 1 saturated carbocycles. The van der Waals surface area contributed by atoms with Crippen LogP contribution in [0, 0.1) is 12.7 Å². The minimum Gasteiger partial charge on any atom is -0.291 e. The second-order valence-corrected chi connectivity index (χ2v) is 6.24. The van der Waals surface area contributed by atoms with E-state index in [4.69, 9.17) is 0 Å². The van der Waals surface area contributed by atoms with E-state index in [0.29, 0.717) is 6.04 Å². The van der Waals surface area contributed by atoms with Gasteiger partial charge in [0.1, 0.15) is 5.82 Å². The highest BCUT2D eigenvalue weighted by Crippen LogP contribution is 2.28. The molecule has 2 aromatic rings. The SMILES string of the molecule is Cc1nnsc1CN(Cc1cccc(F)c1)C1CCC1. The highest BCUT2D eigenvalue weighted by atomic mass is 32.1. The molecule has 1 heterocycles. The first-order chi connectivity index (χ1) is 9.72. The molecule has 0 saturated heterocycles. The summed E-state index contributed by atoms with van der Waals surface area (Å²) in [6.07, 6.45) is 3.77. The second kappa shape index (κ2) is 5.97. The molecule has 0 N–H and O–H groups in total. The number of halogens is 1. The number of aryl methyl sites for hydroxylation is 1. The summed E-state index contributed by atoms with van der Waals surface area (Å²) in [6.45, 7) is 3.66. The van der Waals surface area contributed by atoms with Crippen LogP contribution in [-0.2, 0) is 13.1 Å². The van der Waals surface area contributed by atoms with Gasteiger partial charge in [-0.3, -0.25) is 4.90 Å². The van der Waals surface area contributed by atoms with Gasteiger partial charge in [0.05, 0.1) is 10.6 Å². The van der Waals surface area contributed by atoms with E-state index in [1.54, 1.807) is 12.1 Å². The van der Waals surface area contributed by atoms with Crippen LogP contribution in [0.15, 0.2) is 24.3 Å². The number of benzene rings is 1. The van der Waals surface area contributed by atoms with Crippen molar-refractivity contribution in [3.63, 3.8) is 0 Å². The summed E-state index contributed by atoms with van der Waals surface area (Å²) < 4.78 is 17.3. The summed E-state index contributed by atoms with van der Waals surface area (Å²) in [5, 5.41) is 4.08. The van der Waals surface area contributed by atoms with E-state index >= 15 is 0 Å². The fraction of sp³-hybridized carbons (Fsp3) is 0.467. The first-order valence-electron chi connectivity index (χ1n) is 6.98. The molecule has 0 aliphatic heterocycles. The summed E-state index contributed by atoms with van der Waals surface area (Å²) in [5.74, 6) is -0.160. The third-order valence-electron chi connectivity index (χ3n) is 3.96. The minimum atomic E-state index is -0.160. The number of nitrogens with zero attached hydrogens (tertiary/aromatic N) is 3. The molecule has 5 heteroatoms. The Morgan fingerprint density at radius 2 is 2.20 bits per heavy atom.